The quantitative estimate of drug-likeness (QED) is 0.777. The minimum absolute atomic E-state index is 0.0499. The van der Waals surface area contributed by atoms with Gasteiger partial charge in [-0.1, -0.05) is 6.07 Å². The first-order valence-electron chi connectivity index (χ1n) is 8.55. The van der Waals surface area contributed by atoms with Gasteiger partial charge in [-0.25, -0.2) is 0 Å². The summed E-state index contributed by atoms with van der Waals surface area (Å²) in [6.07, 6.45) is 4.02. The van der Waals surface area contributed by atoms with Gasteiger partial charge in [0.2, 0.25) is 5.91 Å². The molecule has 1 amide bonds. The van der Waals surface area contributed by atoms with E-state index in [-0.39, 0.29) is 11.8 Å². The van der Waals surface area contributed by atoms with Crippen molar-refractivity contribution in [2.24, 2.45) is 0 Å². The number of hydrogen-bond acceptors (Lipinski definition) is 2. The van der Waals surface area contributed by atoms with Crippen molar-refractivity contribution in [3.05, 3.63) is 35.5 Å². The van der Waals surface area contributed by atoms with E-state index in [1.807, 2.05) is 23.1 Å². The Hall–Kier alpha value is -1.99. The Balaban J connectivity index is 1.80. The van der Waals surface area contributed by atoms with E-state index in [1.54, 1.807) is 0 Å². The van der Waals surface area contributed by atoms with Gasteiger partial charge in [-0.15, -0.1) is 11.6 Å². The number of nitrogens with zero attached hydrogens (tertiary/aromatic N) is 3. The second-order valence-corrected chi connectivity index (χ2v) is 6.59. The molecule has 2 heterocycles. The zero-order valence-corrected chi connectivity index (χ0v) is 14.7. The second kappa shape index (κ2) is 7.27. The molecule has 3 rings (SSSR count). The number of halogens is 1. The summed E-state index contributed by atoms with van der Waals surface area (Å²) in [6, 6.07) is 10.6. The molecule has 4 nitrogen and oxygen atoms in total. The fourth-order valence-electron chi connectivity index (χ4n) is 3.82. The molecule has 0 saturated carbocycles. The lowest BCUT2D eigenvalue weighted by atomic mass is 10.1. The SMILES string of the molecule is CCn1c(CC[C@@H]2CCCN2C(=O)CCl)cc2ccc(C#N)cc21. The smallest absolute Gasteiger partial charge is 0.237 e. The molecule has 5 heteroatoms. The van der Waals surface area contributed by atoms with Crippen molar-refractivity contribution in [2.45, 2.75) is 45.2 Å². The van der Waals surface area contributed by atoms with Gasteiger partial charge in [0.15, 0.2) is 0 Å². The fourth-order valence-corrected chi connectivity index (χ4v) is 3.97. The largest absolute Gasteiger partial charge is 0.345 e. The molecular formula is C19H22ClN3O. The minimum Gasteiger partial charge on any atom is -0.345 e. The van der Waals surface area contributed by atoms with E-state index < -0.39 is 0 Å². The number of amides is 1. The molecule has 1 aromatic heterocycles. The number of carbonyl (C=O) groups excluding carboxylic acids is 1. The number of nitriles is 1. The maximum Gasteiger partial charge on any atom is 0.237 e. The molecule has 0 aliphatic carbocycles. The summed E-state index contributed by atoms with van der Waals surface area (Å²) >= 11 is 5.72. The minimum atomic E-state index is 0.0499. The number of benzene rings is 1. The zero-order chi connectivity index (χ0) is 17.1. The highest BCUT2D eigenvalue weighted by Gasteiger charge is 2.27. The van der Waals surface area contributed by atoms with E-state index in [9.17, 15) is 4.79 Å². The van der Waals surface area contributed by atoms with Crippen LogP contribution in [0, 0.1) is 11.3 Å². The number of aromatic nitrogens is 1. The molecule has 0 bridgehead atoms. The van der Waals surface area contributed by atoms with E-state index in [2.05, 4.69) is 23.6 Å². The van der Waals surface area contributed by atoms with Crippen molar-refractivity contribution in [2.75, 3.05) is 12.4 Å². The van der Waals surface area contributed by atoms with Gasteiger partial charge in [-0.05, 0) is 56.2 Å². The van der Waals surface area contributed by atoms with Gasteiger partial charge >= 0.3 is 0 Å². The van der Waals surface area contributed by atoms with Crippen LogP contribution >= 0.6 is 11.6 Å². The number of carbonyl (C=O) groups is 1. The van der Waals surface area contributed by atoms with Crippen LogP contribution < -0.4 is 0 Å². The molecule has 1 saturated heterocycles. The Morgan fingerprint density at radius 2 is 2.25 bits per heavy atom. The molecule has 0 spiro atoms. The fraction of sp³-hybridized carbons (Fsp3) is 0.474. The molecule has 0 radical (unpaired) electrons. The molecule has 1 atom stereocenters. The predicted molar refractivity (Wildman–Crippen MR) is 96.1 cm³/mol. The average molecular weight is 344 g/mol. The molecule has 0 N–H and O–H groups in total. The predicted octanol–water partition coefficient (Wildman–Crippen LogP) is 3.70. The van der Waals surface area contributed by atoms with Crippen LogP contribution in [0.25, 0.3) is 10.9 Å². The van der Waals surface area contributed by atoms with Crippen LogP contribution in [0.4, 0.5) is 0 Å². The van der Waals surface area contributed by atoms with Crippen LogP contribution in [0.3, 0.4) is 0 Å². The Labute approximate surface area is 147 Å². The molecule has 1 aliphatic heterocycles. The van der Waals surface area contributed by atoms with Crippen molar-refractivity contribution in [1.82, 2.24) is 9.47 Å². The normalized spacial score (nSPS) is 17.4. The average Bonchev–Trinajstić information content (AvgIpc) is 3.22. The first-order chi connectivity index (χ1) is 11.7. The summed E-state index contributed by atoms with van der Waals surface area (Å²) in [4.78, 5) is 13.9. The van der Waals surface area contributed by atoms with E-state index in [0.717, 1.165) is 44.3 Å². The Morgan fingerprint density at radius 3 is 2.96 bits per heavy atom. The highest BCUT2D eigenvalue weighted by Crippen LogP contribution is 2.26. The standard InChI is InChI=1S/C19H22ClN3O/c1-2-22-17(11-15-6-5-14(13-21)10-18(15)22)8-7-16-4-3-9-23(16)19(24)12-20/h5-6,10-11,16H,2-4,7-9,12H2,1H3/t16-/m0/s1. The Morgan fingerprint density at radius 1 is 1.42 bits per heavy atom. The number of likely N-dealkylation sites (tertiary alicyclic amines) is 1. The van der Waals surface area contributed by atoms with E-state index >= 15 is 0 Å². The van der Waals surface area contributed by atoms with E-state index in [4.69, 9.17) is 16.9 Å². The Kier molecular flexibility index (Phi) is 5.11. The van der Waals surface area contributed by atoms with Crippen LogP contribution in [0.15, 0.2) is 24.3 Å². The summed E-state index contributed by atoms with van der Waals surface area (Å²) in [7, 11) is 0. The number of aryl methyl sites for hydroxylation is 2. The van der Waals surface area contributed by atoms with Gasteiger partial charge in [0.25, 0.3) is 0 Å². The highest BCUT2D eigenvalue weighted by molar-refractivity contribution is 6.27. The lowest BCUT2D eigenvalue weighted by molar-refractivity contribution is -0.129. The van der Waals surface area contributed by atoms with Gasteiger partial charge < -0.3 is 9.47 Å². The molecule has 0 unspecified atom stereocenters. The topological polar surface area (TPSA) is 49.0 Å². The summed E-state index contributed by atoms with van der Waals surface area (Å²) in [5, 5.41) is 10.3. The van der Waals surface area contributed by atoms with Crippen LogP contribution in [0.5, 0.6) is 0 Å². The van der Waals surface area contributed by atoms with E-state index in [0.29, 0.717) is 11.6 Å². The third-order valence-corrected chi connectivity index (χ3v) is 5.21. The highest BCUT2D eigenvalue weighted by atomic mass is 35.5. The van der Waals surface area contributed by atoms with Crippen LogP contribution in [0.2, 0.25) is 0 Å². The first-order valence-corrected chi connectivity index (χ1v) is 9.09. The molecule has 1 aromatic carbocycles. The van der Waals surface area contributed by atoms with Gasteiger partial charge in [0.1, 0.15) is 5.88 Å². The lowest BCUT2D eigenvalue weighted by Crippen LogP contribution is -2.36. The number of fused-ring (bicyclic) bond motifs is 1. The maximum atomic E-state index is 11.9. The molecule has 126 valence electrons. The monoisotopic (exact) mass is 343 g/mol. The zero-order valence-electron chi connectivity index (χ0n) is 14.0. The lowest BCUT2D eigenvalue weighted by Gasteiger charge is -2.24. The summed E-state index contributed by atoms with van der Waals surface area (Å²) in [5.41, 5.74) is 3.08. The van der Waals surface area contributed by atoms with E-state index in [1.165, 1.54) is 11.1 Å². The van der Waals surface area contributed by atoms with Crippen LogP contribution in [-0.4, -0.2) is 33.8 Å². The van der Waals surface area contributed by atoms with Crippen molar-refractivity contribution >= 4 is 28.4 Å². The molecular weight excluding hydrogens is 322 g/mol. The first kappa shape index (κ1) is 16.9. The second-order valence-electron chi connectivity index (χ2n) is 6.32. The third kappa shape index (κ3) is 3.14. The molecule has 1 fully saturated rings. The number of alkyl halides is 1. The third-order valence-electron chi connectivity index (χ3n) is 4.98. The van der Waals surface area contributed by atoms with Gasteiger partial charge in [-0.3, -0.25) is 4.79 Å². The summed E-state index contributed by atoms with van der Waals surface area (Å²) < 4.78 is 2.28. The van der Waals surface area contributed by atoms with Gasteiger partial charge in [0.05, 0.1) is 11.6 Å². The van der Waals surface area contributed by atoms with Crippen molar-refractivity contribution < 1.29 is 4.79 Å². The van der Waals surface area contributed by atoms with Gasteiger partial charge in [-0.2, -0.15) is 5.26 Å². The van der Waals surface area contributed by atoms with Crippen molar-refractivity contribution in [3.63, 3.8) is 0 Å². The summed E-state index contributed by atoms with van der Waals surface area (Å²) in [6.45, 7) is 3.84. The van der Waals surface area contributed by atoms with Gasteiger partial charge in [0, 0.05) is 30.3 Å². The van der Waals surface area contributed by atoms with Crippen LogP contribution in [-0.2, 0) is 17.8 Å². The Bertz CT molecular complexity index is 790. The molecule has 24 heavy (non-hydrogen) atoms. The summed E-state index contributed by atoms with van der Waals surface area (Å²) in [5.74, 6) is 0.122. The molecule has 2 aromatic rings. The number of hydrogen-bond donors (Lipinski definition) is 0. The van der Waals surface area contributed by atoms with Crippen molar-refractivity contribution in [1.29, 1.82) is 5.26 Å². The number of rotatable bonds is 5. The van der Waals surface area contributed by atoms with Crippen molar-refractivity contribution in [3.8, 4) is 6.07 Å². The van der Waals surface area contributed by atoms with Crippen LogP contribution in [0.1, 0.15) is 37.4 Å². The maximum absolute atomic E-state index is 11.9. The molecule has 1 aliphatic rings.